The van der Waals surface area contributed by atoms with Crippen LogP contribution in [-0.2, 0) is 17.8 Å². The van der Waals surface area contributed by atoms with E-state index in [0.717, 1.165) is 75.2 Å². The molecule has 1 aliphatic rings. The average molecular weight is 575 g/mol. The number of rotatable bonds is 9. The van der Waals surface area contributed by atoms with E-state index in [1.54, 1.807) is 0 Å². The first-order valence-corrected chi connectivity index (χ1v) is 11.8. The second-order valence-electron chi connectivity index (χ2n) is 8.10. The Balaban J connectivity index is 0.00000324. The molecule has 0 amide bonds. The Morgan fingerprint density at radius 1 is 0.941 bits per heavy atom. The Morgan fingerprint density at radius 2 is 1.71 bits per heavy atom. The summed E-state index contributed by atoms with van der Waals surface area (Å²) in [6, 6.07) is 20.9. The fourth-order valence-electron chi connectivity index (χ4n) is 3.91. The second-order valence-corrected chi connectivity index (χ2v) is 8.10. The van der Waals surface area contributed by atoms with Crippen LogP contribution in [-0.4, -0.2) is 61.8 Å². The molecular formula is C26H35IN6O. The van der Waals surface area contributed by atoms with Crippen LogP contribution in [0.4, 0.5) is 5.82 Å². The summed E-state index contributed by atoms with van der Waals surface area (Å²) in [6.45, 7) is 9.61. The van der Waals surface area contributed by atoms with E-state index >= 15 is 0 Å². The molecule has 34 heavy (non-hydrogen) atoms. The van der Waals surface area contributed by atoms with Crippen LogP contribution in [0.25, 0.3) is 10.9 Å². The van der Waals surface area contributed by atoms with Crippen molar-refractivity contribution in [3.8, 4) is 0 Å². The molecule has 3 N–H and O–H groups in total. The highest BCUT2D eigenvalue weighted by atomic mass is 127. The number of hydrogen-bond donors (Lipinski definition) is 3. The molecule has 0 unspecified atom stereocenters. The van der Waals surface area contributed by atoms with Crippen LogP contribution >= 0.6 is 24.0 Å². The van der Waals surface area contributed by atoms with Crippen LogP contribution in [0.5, 0.6) is 0 Å². The molecule has 1 fully saturated rings. The van der Waals surface area contributed by atoms with Crippen molar-refractivity contribution >= 4 is 46.7 Å². The summed E-state index contributed by atoms with van der Waals surface area (Å²) in [5.74, 6) is 1.71. The van der Waals surface area contributed by atoms with Gasteiger partial charge in [-0.2, -0.15) is 0 Å². The Hall–Kier alpha value is -2.43. The number of anilines is 1. The van der Waals surface area contributed by atoms with Crippen molar-refractivity contribution in [1.82, 2.24) is 20.5 Å². The summed E-state index contributed by atoms with van der Waals surface area (Å²) in [7, 11) is 0. The average Bonchev–Trinajstić information content (AvgIpc) is 2.86. The summed E-state index contributed by atoms with van der Waals surface area (Å²) in [5.41, 5.74) is 3.60. The SMILES string of the molecule is CCNC(=NCc1ccccc1CN1CCOCC1)NCCNc1ccc2ccccc2n1.I. The first kappa shape index (κ1) is 26.2. The van der Waals surface area contributed by atoms with Gasteiger partial charge in [0.2, 0.25) is 0 Å². The van der Waals surface area contributed by atoms with Gasteiger partial charge in [-0.25, -0.2) is 9.98 Å². The fourth-order valence-corrected chi connectivity index (χ4v) is 3.91. The molecule has 182 valence electrons. The Bertz CT molecular complexity index is 1050. The molecule has 2 heterocycles. The van der Waals surface area contributed by atoms with Crippen molar-refractivity contribution < 1.29 is 4.74 Å². The minimum atomic E-state index is 0. The smallest absolute Gasteiger partial charge is 0.191 e. The number of morpholine rings is 1. The summed E-state index contributed by atoms with van der Waals surface area (Å²) in [6.07, 6.45) is 0. The van der Waals surface area contributed by atoms with Crippen molar-refractivity contribution in [2.75, 3.05) is 51.3 Å². The molecule has 0 saturated carbocycles. The van der Waals surface area contributed by atoms with E-state index in [1.165, 1.54) is 11.1 Å². The van der Waals surface area contributed by atoms with Crippen LogP contribution < -0.4 is 16.0 Å². The topological polar surface area (TPSA) is 73.8 Å². The van der Waals surface area contributed by atoms with Crippen LogP contribution in [0.2, 0.25) is 0 Å². The number of nitrogens with one attached hydrogen (secondary N) is 3. The number of guanidine groups is 1. The molecule has 0 aliphatic carbocycles. The van der Waals surface area contributed by atoms with Crippen molar-refractivity contribution in [3.63, 3.8) is 0 Å². The number of para-hydroxylation sites is 1. The molecule has 7 nitrogen and oxygen atoms in total. The van der Waals surface area contributed by atoms with Crippen LogP contribution in [0.15, 0.2) is 65.7 Å². The molecule has 2 aromatic carbocycles. The van der Waals surface area contributed by atoms with E-state index in [2.05, 4.69) is 69.2 Å². The predicted octanol–water partition coefficient (Wildman–Crippen LogP) is 3.85. The molecule has 3 aromatic rings. The molecule has 1 aliphatic heterocycles. The van der Waals surface area contributed by atoms with Gasteiger partial charge < -0.3 is 20.7 Å². The second kappa shape index (κ2) is 14.1. The lowest BCUT2D eigenvalue weighted by Crippen LogP contribution is -2.39. The standard InChI is InChI=1S/C26H34N6O.HI/c1-2-27-26(29-14-13-28-25-12-11-21-7-5-6-10-24(21)31-25)30-19-22-8-3-4-9-23(22)20-32-15-17-33-18-16-32;/h3-12H,2,13-20H2,1H3,(H,28,31)(H2,27,29,30);1H. The largest absolute Gasteiger partial charge is 0.379 e. The minimum absolute atomic E-state index is 0. The molecule has 0 radical (unpaired) electrons. The number of ether oxygens (including phenoxy) is 1. The van der Waals surface area contributed by atoms with Gasteiger partial charge in [0, 0.05) is 44.7 Å². The zero-order valence-electron chi connectivity index (χ0n) is 19.8. The number of aliphatic imine (C=N–C) groups is 1. The molecule has 0 spiro atoms. The monoisotopic (exact) mass is 574 g/mol. The third-order valence-corrected chi connectivity index (χ3v) is 5.69. The van der Waals surface area contributed by atoms with Gasteiger partial charge in [0.05, 0.1) is 25.3 Å². The molecule has 0 atom stereocenters. The number of halogens is 1. The van der Waals surface area contributed by atoms with E-state index in [1.807, 2.05) is 24.3 Å². The molecule has 4 rings (SSSR count). The van der Waals surface area contributed by atoms with Gasteiger partial charge in [-0.1, -0.05) is 42.5 Å². The number of hydrogen-bond acceptors (Lipinski definition) is 5. The van der Waals surface area contributed by atoms with Gasteiger partial charge in [0.1, 0.15) is 5.82 Å². The molecule has 8 heteroatoms. The van der Waals surface area contributed by atoms with Crippen LogP contribution in [0, 0.1) is 0 Å². The van der Waals surface area contributed by atoms with Gasteiger partial charge in [-0.05, 0) is 36.2 Å². The number of pyridine rings is 1. The summed E-state index contributed by atoms with van der Waals surface area (Å²) >= 11 is 0. The lowest BCUT2D eigenvalue weighted by Gasteiger charge is -2.27. The fraction of sp³-hybridized carbons (Fsp3) is 0.385. The first-order valence-electron chi connectivity index (χ1n) is 11.8. The Morgan fingerprint density at radius 3 is 2.53 bits per heavy atom. The van der Waals surface area contributed by atoms with E-state index in [0.29, 0.717) is 6.54 Å². The third kappa shape index (κ3) is 7.82. The normalized spacial score (nSPS) is 14.4. The number of fused-ring (bicyclic) bond motifs is 1. The third-order valence-electron chi connectivity index (χ3n) is 5.69. The van der Waals surface area contributed by atoms with Crippen molar-refractivity contribution in [1.29, 1.82) is 0 Å². The molecule has 1 saturated heterocycles. The van der Waals surface area contributed by atoms with Gasteiger partial charge in [-0.3, -0.25) is 4.90 Å². The highest BCUT2D eigenvalue weighted by molar-refractivity contribution is 14.0. The zero-order valence-corrected chi connectivity index (χ0v) is 22.1. The summed E-state index contributed by atoms with van der Waals surface area (Å²) in [4.78, 5) is 11.9. The molecule has 0 bridgehead atoms. The minimum Gasteiger partial charge on any atom is -0.379 e. The Labute approximate surface area is 219 Å². The highest BCUT2D eigenvalue weighted by Crippen LogP contribution is 2.15. The predicted molar refractivity (Wildman–Crippen MR) is 151 cm³/mol. The maximum Gasteiger partial charge on any atom is 0.191 e. The lowest BCUT2D eigenvalue weighted by molar-refractivity contribution is 0.0341. The summed E-state index contributed by atoms with van der Waals surface area (Å²) in [5, 5.41) is 11.3. The van der Waals surface area contributed by atoms with Crippen LogP contribution in [0.3, 0.4) is 0 Å². The molecule has 1 aromatic heterocycles. The highest BCUT2D eigenvalue weighted by Gasteiger charge is 2.12. The Kier molecular flexibility index (Phi) is 10.8. The molecular weight excluding hydrogens is 539 g/mol. The maximum absolute atomic E-state index is 5.48. The van der Waals surface area contributed by atoms with Crippen molar-refractivity contribution in [3.05, 3.63) is 71.8 Å². The lowest BCUT2D eigenvalue weighted by atomic mass is 10.1. The number of benzene rings is 2. The zero-order chi connectivity index (χ0) is 22.7. The van der Waals surface area contributed by atoms with Crippen molar-refractivity contribution in [2.45, 2.75) is 20.0 Å². The summed E-state index contributed by atoms with van der Waals surface area (Å²) < 4.78 is 5.48. The number of aromatic nitrogens is 1. The van der Waals surface area contributed by atoms with Gasteiger partial charge in [0.15, 0.2) is 5.96 Å². The van der Waals surface area contributed by atoms with Gasteiger partial charge in [-0.15, -0.1) is 24.0 Å². The van der Waals surface area contributed by atoms with Crippen LogP contribution in [0.1, 0.15) is 18.1 Å². The van der Waals surface area contributed by atoms with Crippen molar-refractivity contribution in [2.24, 2.45) is 4.99 Å². The first-order chi connectivity index (χ1) is 16.3. The van der Waals surface area contributed by atoms with E-state index < -0.39 is 0 Å². The van der Waals surface area contributed by atoms with Gasteiger partial charge >= 0.3 is 0 Å². The van der Waals surface area contributed by atoms with E-state index in [9.17, 15) is 0 Å². The van der Waals surface area contributed by atoms with E-state index in [4.69, 9.17) is 9.73 Å². The van der Waals surface area contributed by atoms with Gasteiger partial charge in [0.25, 0.3) is 0 Å². The van der Waals surface area contributed by atoms with E-state index in [-0.39, 0.29) is 24.0 Å². The quantitative estimate of drug-likeness (QED) is 0.156. The maximum atomic E-state index is 5.48. The number of nitrogens with zero attached hydrogens (tertiary/aromatic N) is 3.